The second kappa shape index (κ2) is 5.60. The third-order valence-electron chi connectivity index (χ3n) is 3.18. The molecule has 0 spiro atoms. The minimum Gasteiger partial charge on any atom is -0.399 e. The zero-order valence-electron chi connectivity index (χ0n) is 10.7. The lowest BCUT2D eigenvalue weighted by Gasteiger charge is -2.15. The van der Waals surface area contributed by atoms with Gasteiger partial charge in [-0.2, -0.15) is 0 Å². The van der Waals surface area contributed by atoms with Crippen LogP contribution in [0.4, 0.5) is 11.4 Å². The maximum absolute atomic E-state index is 11.9. The van der Waals surface area contributed by atoms with Crippen molar-refractivity contribution in [1.82, 2.24) is 10.2 Å². The van der Waals surface area contributed by atoms with Crippen LogP contribution in [-0.2, 0) is 4.79 Å². The number of hydrogen-bond acceptors (Lipinski definition) is 4. The summed E-state index contributed by atoms with van der Waals surface area (Å²) >= 11 is 0. The first-order valence-electron chi connectivity index (χ1n) is 6.29. The predicted molar refractivity (Wildman–Crippen MR) is 73.4 cm³/mol. The van der Waals surface area contributed by atoms with Gasteiger partial charge in [0, 0.05) is 24.5 Å². The second-order valence-electron chi connectivity index (χ2n) is 4.62. The summed E-state index contributed by atoms with van der Waals surface area (Å²) in [5, 5.41) is 2.58. The van der Waals surface area contributed by atoms with E-state index in [0.717, 1.165) is 25.9 Å². The van der Waals surface area contributed by atoms with Gasteiger partial charge in [0.25, 0.3) is 5.91 Å². The number of rotatable bonds is 3. The van der Waals surface area contributed by atoms with E-state index in [1.165, 1.54) is 6.07 Å². The summed E-state index contributed by atoms with van der Waals surface area (Å²) in [4.78, 5) is 25.4. The monoisotopic (exact) mass is 262 g/mol. The highest BCUT2D eigenvalue weighted by Gasteiger charge is 2.18. The van der Waals surface area contributed by atoms with Gasteiger partial charge in [-0.15, -0.1) is 0 Å². The van der Waals surface area contributed by atoms with Crippen LogP contribution in [0.3, 0.4) is 0 Å². The lowest BCUT2D eigenvalue weighted by molar-refractivity contribution is -0.129. The quantitative estimate of drug-likeness (QED) is 0.677. The number of nitrogens with one attached hydrogen (secondary N) is 1. The van der Waals surface area contributed by atoms with E-state index in [1.807, 2.05) is 0 Å². The molecule has 0 bridgehead atoms. The highest BCUT2D eigenvalue weighted by Crippen LogP contribution is 2.15. The molecule has 0 unspecified atom stereocenters. The van der Waals surface area contributed by atoms with Crippen molar-refractivity contribution < 1.29 is 9.59 Å². The number of carbonyl (C=O) groups is 2. The number of carbonyl (C=O) groups excluding carboxylic acids is 2. The fourth-order valence-corrected chi connectivity index (χ4v) is 2.12. The molecule has 102 valence electrons. The summed E-state index contributed by atoms with van der Waals surface area (Å²) in [6.07, 6.45) is 2.06. The van der Waals surface area contributed by atoms with Crippen LogP contribution in [0.25, 0.3) is 0 Å². The first-order chi connectivity index (χ1) is 9.08. The molecule has 0 radical (unpaired) electrons. The van der Waals surface area contributed by atoms with Gasteiger partial charge < -0.3 is 21.7 Å². The third kappa shape index (κ3) is 3.15. The molecule has 19 heavy (non-hydrogen) atoms. The van der Waals surface area contributed by atoms with E-state index < -0.39 is 0 Å². The Bertz CT molecular complexity index is 495. The van der Waals surface area contributed by atoms with Crippen LogP contribution in [0.2, 0.25) is 0 Å². The Morgan fingerprint density at radius 2 is 1.89 bits per heavy atom. The molecule has 0 atom stereocenters. The first kappa shape index (κ1) is 13.2. The predicted octanol–water partition coefficient (Wildman–Crippen LogP) is 0.203. The molecule has 5 N–H and O–H groups in total. The number of amides is 2. The molecule has 6 nitrogen and oxygen atoms in total. The van der Waals surface area contributed by atoms with Crippen molar-refractivity contribution in [2.45, 2.75) is 12.8 Å². The Hall–Kier alpha value is -2.24. The highest BCUT2D eigenvalue weighted by atomic mass is 16.2. The van der Waals surface area contributed by atoms with Crippen LogP contribution in [0.1, 0.15) is 23.2 Å². The number of likely N-dealkylation sites (tertiary alicyclic amines) is 1. The van der Waals surface area contributed by atoms with E-state index in [2.05, 4.69) is 5.32 Å². The summed E-state index contributed by atoms with van der Waals surface area (Å²) in [6, 6.07) is 4.69. The van der Waals surface area contributed by atoms with Crippen molar-refractivity contribution in [3.63, 3.8) is 0 Å². The lowest BCUT2D eigenvalue weighted by atomic mass is 10.1. The van der Waals surface area contributed by atoms with Crippen molar-refractivity contribution in [3.05, 3.63) is 23.8 Å². The van der Waals surface area contributed by atoms with Gasteiger partial charge in [-0.05, 0) is 31.0 Å². The Balaban J connectivity index is 1.92. The molecule has 1 fully saturated rings. The Labute approximate surface area is 111 Å². The Morgan fingerprint density at radius 3 is 2.53 bits per heavy atom. The average Bonchev–Trinajstić information content (AvgIpc) is 2.89. The van der Waals surface area contributed by atoms with Gasteiger partial charge in [-0.3, -0.25) is 9.59 Å². The number of hydrogen-bond donors (Lipinski definition) is 3. The summed E-state index contributed by atoms with van der Waals surface area (Å²) < 4.78 is 0. The third-order valence-corrected chi connectivity index (χ3v) is 3.18. The van der Waals surface area contributed by atoms with Crippen LogP contribution in [0.5, 0.6) is 0 Å². The maximum Gasteiger partial charge on any atom is 0.253 e. The largest absolute Gasteiger partial charge is 0.399 e. The number of nitrogen functional groups attached to an aromatic ring is 2. The molecule has 2 rings (SSSR count). The molecule has 1 saturated heterocycles. The molecule has 6 heteroatoms. The molecule has 1 aliphatic heterocycles. The first-order valence-corrected chi connectivity index (χ1v) is 6.29. The summed E-state index contributed by atoms with van der Waals surface area (Å²) in [5.74, 6) is -0.412. The zero-order chi connectivity index (χ0) is 13.8. The maximum atomic E-state index is 11.9. The fraction of sp³-hybridized carbons (Fsp3) is 0.385. The number of anilines is 2. The van der Waals surface area contributed by atoms with Crippen LogP contribution in [0.15, 0.2) is 18.2 Å². The molecular formula is C13H18N4O2. The van der Waals surface area contributed by atoms with Gasteiger partial charge in [0.2, 0.25) is 5.91 Å². The van der Waals surface area contributed by atoms with E-state index in [-0.39, 0.29) is 18.4 Å². The molecule has 2 amide bonds. The molecule has 1 heterocycles. The molecular weight excluding hydrogens is 244 g/mol. The van der Waals surface area contributed by atoms with Crippen molar-refractivity contribution in [1.29, 1.82) is 0 Å². The Morgan fingerprint density at radius 1 is 1.21 bits per heavy atom. The van der Waals surface area contributed by atoms with E-state index >= 15 is 0 Å². The summed E-state index contributed by atoms with van der Waals surface area (Å²) in [5.41, 5.74) is 12.4. The lowest BCUT2D eigenvalue weighted by Crippen LogP contribution is -2.38. The minimum absolute atomic E-state index is 0.00263. The van der Waals surface area contributed by atoms with Gasteiger partial charge in [0.15, 0.2) is 0 Å². The van der Waals surface area contributed by atoms with Gasteiger partial charge in [0.1, 0.15) is 0 Å². The summed E-state index contributed by atoms with van der Waals surface area (Å²) in [6.45, 7) is 1.56. The molecule has 0 aliphatic carbocycles. The number of nitrogens with zero attached hydrogens (tertiary/aromatic N) is 1. The van der Waals surface area contributed by atoms with Crippen LogP contribution in [-0.4, -0.2) is 36.3 Å². The Kier molecular flexibility index (Phi) is 3.89. The normalized spacial score (nSPS) is 14.4. The second-order valence-corrected chi connectivity index (χ2v) is 4.62. The van der Waals surface area contributed by atoms with Gasteiger partial charge in [-0.1, -0.05) is 0 Å². The number of nitrogens with two attached hydrogens (primary N) is 2. The van der Waals surface area contributed by atoms with Crippen LogP contribution in [0, 0.1) is 0 Å². The smallest absolute Gasteiger partial charge is 0.253 e. The van der Waals surface area contributed by atoms with E-state index in [0.29, 0.717) is 16.9 Å². The molecule has 1 aliphatic rings. The van der Waals surface area contributed by atoms with E-state index in [9.17, 15) is 9.59 Å². The highest BCUT2D eigenvalue weighted by molar-refractivity contribution is 6.01. The minimum atomic E-state index is -0.356. The SMILES string of the molecule is Nc1ccc(C(=O)NCC(=O)N2CCCC2)c(N)c1. The van der Waals surface area contributed by atoms with E-state index in [1.54, 1.807) is 17.0 Å². The number of benzene rings is 1. The van der Waals surface area contributed by atoms with Crippen LogP contribution < -0.4 is 16.8 Å². The summed E-state index contributed by atoms with van der Waals surface area (Å²) in [7, 11) is 0. The van der Waals surface area contributed by atoms with Crippen LogP contribution >= 0.6 is 0 Å². The van der Waals surface area contributed by atoms with Gasteiger partial charge in [-0.25, -0.2) is 0 Å². The van der Waals surface area contributed by atoms with E-state index in [4.69, 9.17) is 11.5 Å². The average molecular weight is 262 g/mol. The molecule has 0 saturated carbocycles. The van der Waals surface area contributed by atoms with Crippen molar-refractivity contribution in [2.75, 3.05) is 31.1 Å². The fourth-order valence-electron chi connectivity index (χ4n) is 2.12. The topological polar surface area (TPSA) is 101 Å². The zero-order valence-corrected chi connectivity index (χ0v) is 10.7. The van der Waals surface area contributed by atoms with Gasteiger partial charge in [0.05, 0.1) is 12.1 Å². The molecule has 1 aromatic carbocycles. The standard InChI is InChI=1S/C13H18N4O2/c14-9-3-4-10(11(15)7-9)13(19)16-8-12(18)17-5-1-2-6-17/h3-4,7H,1-2,5-6,8,14-15H2,(H,16,19). The molecule has 1 aromatic rings. The van der Waals surface area contributed by atoms with Crippen molar-refractivity contribution in [2.24, 2.45) is 0 Å². The molecule has 0 aromatic heterocycles. The van der Waals surface area contributed by atoms with Crippen molar-refractivity contribution >= 4 is 23.2 Å². The van der Waals surface area contributed by atoms with Crippen molar-refractivity contribution in [3.8, 4) is 0 Å². The van der Waals surface area contributed by atoms with Gasteiger partial charge >= 0.3 is 0 Å².